The van der Waals surface area contributed by atoms with Gasteiger partial charge in [-0.25, -0.2) is 0 Å². The molecule has 0 amide bonds. The fourth-order valence-corrected chi connectivity index (χ4v) is 3.62. The van der Waals surface area contributed by atoms with Gasteiger partial charge in [0.1, 0.15) is 0 Å². The van der Waals surface area contributed by atoms with E-state index in [4.69, 9.17) is 23.2 Å². The maximum atomic E-state index is 6.78. The molecule has 106 valence electrons. The summed E-state index contributed by atoms with van der Waals surface area (Å²) in [5.41, 5.74) is 8.33. The Morgan fingerprint density at radius 3 is 1.85 bits per heavy atom. The molecule has 2 heteroatoms. The van der Waals surface area contributed by atoms with Gasteiger partial charge in [0.15, 0.2) is 0 Å². The third-order valence-corrected chi connectivity index (χ3v) is 4.67. The molecule has 2 aromatic carbocycles. The highest BCUT2D eigenvalue weighted by Crippen LogP contribution is 2.37. The maximum absolute atomic E-state index is 6.78. The second kappa shape index (κ2) is 5.79. The first-order valence-corrected chi connectivity index (χ1v) is 7.61. The predicted octanol–water partition coefficient (Wildman–Crippen LogP) is 6.21. The first-order valence-electron chi connectivity index (χ1n) is 6.79. The lowest BCUT2D eigenvalue weighted by atomic mass is 9.91. The molecule has 0 fully saturated rings. The highest BCUT2D eigenvalue weighted by molar-refractivity contribution is 6.31. The lowest BCUT2D eigenvalue weighted by molar-refractivity contribution is 1.05. The molecule has 2 aromatic rings. The molecule has 0 spiro atoms. The van der Waals surface area contributed by atoms with Crippen molar-refractivity contribution in [3.8, 4) is 0 Å². The second-order valence-corrected chi connectivity index (χ2v) is 6.48. The van der Waals surface area contributed by atoms with Crippen LogP contribution in [0.15, 0.2) is 24.3 Å². The average molecular weight is 307 g/mol. The van der Waals surface area contributed by atoms with Gasteiger partial charge in [-0.3, -0.25) is 0 Å². The molecule has 2 rings (SSSR count). The summed E-state index contributed by atoms with van der Waals surface area (Å²) in [6.07, 6.45) is 0. The SMILES string of the molecule is Cc1cc(C)c(C(Cl)c2cc(C)c(Cl)cc2C)c(C)c1. The summed E-state index contributed by atoms with van der Waals surface area (Å²) in [6, 6.07) is 8.49. The van der Waals surface area contributed by atoms with Crippen molar-refractivity contribution in [2.24, 2.45) is 0 Å². The number of halogens is 2. The first-order chi connectivity index (χ1) is 9.31. The van der Waals surface area contributed by atoms with E-state index in [-0.39, 0.29) is 5.38 Å². The zero-order chi connectivity index (χ0) is 15.0. The Kier molecular flexibility index (Phi) is 4.46. The third kappa shape index (κ3) is 2.87. The molecule has 0 aliphatic carbocycles. The van der Waals surface area contributed by atoms with Crippen LogP contribution in [0.3, 0.4) is 0 Å². The molecule has 0 aliphatic heterocycles. The van der Waals surface area contributed by atoms with Crippen molar-refractivity contribution in [3.05, 3.63) is 68.2 Å². The van der Waals surface area contributed by atoms with Gasteiger partial charge in [0.2, 0.25) is 0 Å². The third-order valence-electron chi connectivity index (χ3n) is 3.81. The van der Waals surface area contributed by atoms with E-state index in [1.54, 1.807) is 0 Å². The fourth-order valence-electron chi connectivity index (χ4n) is 2.82. The molecule has 20 heavy (non-hydrogen) atoms. The van der Waals surface area contributed by atoms with Gasteiger partial charge in [-0.1, -0.05) is 35.4 Å². The Hall–Kier alpha value is -0.980. The van der Waals surface area contributed by atoms with E-state index in [9.17, 15) is 0 Å². The largest absolute Gasteiger partial charge is 0.113 e. The summed E-state index contributed by atoms with van der Waals surface area (Å²) in [6.45, 7) is 10.5. The van der Waals surface area contributed by atoms with Gasteiger partial charge in [0.25, 0.3) is 0 Å². The van der Waals surface area contributed by atoms with E-state index in [2.05, 4.69) is 45.9 Å². The Morgan fingerprint density at radius 1 is 0.750 bits per heavy atom. The second-order valence-electron chi connectivity index (χ2n) is 5.63. The topological polar surface area (TPSA) is 0 Å². The van der Waals surface area contributed by atoms with Gasteiger partial charge in [0.05, 0.1) is 5.38 Å². The highest BCUT2D eigenvalue weighted by atomic mass is 35.5. The molecule has 1 atom stereocenters. The smallest absolute Gasteiger partial charge is 0.0843 e. The van der Waals surface area contributed by atoms with Gasteiger partial charge in [0, 0.05) is 5.02 Å². The number of benzene rings is 2. The number of alkyl halides is 1. The van der Waals surface area contributed by atoms with Crippen molar-refractivity contribution >= 4 is 23.2 Å². The quantitative estimate of drug-likeness (QED) is 0.579. The Balaban J connectivity index is 2.57. The van der Waals surface area contributed by atoms with Crippen molar-refractivity contribution in [2.75, 3.05) is 0 Å². The number of aryl methyl sites for hydroxylation is 5. The van der Waals surface area contributed by atoms with Crippen LogP contribution in [0.25, 0.3) is 0 Å². The van der Waals surface area contributed by atoms with Gasteiger partial charge in [-0.2, -0.15) is 0 Å². The number of rotatable bonds is 2. The molecule has 0 N–H and O–H groups in total. The minimum Gasteiger partial charge on any atom is -0.113 e. The monoisotopic (exact) mass is 306 g/mol. The molecule has 0 heterocycles. The summed E-state index contributed by atoms with van der Waals surface area (Å²) < 4.78 is 0. The normalized spacial score (nSPS) is 12.6. The summed E-state index contributed by atoms with van der Waals surface area (Å²) >= 11 is 13.0. The van der Waals surface area contributed by atoms with E-state index in [0.29, 0.717) is 0 Å². The predicted molar refractivity (Wildman–Crippen MR) is 89.3 cm³/mol. The molecule has 0 bridgehead atoms. The van der Waals surface area contributed by atoms with E-state index in [1.807, 2.05) is 13.0 Å². The first kappa shape index (κ1) is 15.4. The van der Waals surface area contributed by atoms with E-state index >= 15 is 0 Å². The van der Waals surface area contributed by atoms with Gasteiger partial charge in [-0.15, -0.1) is 11.6 Å². The Labute approximate surface area is 131 Å². The lowest BCUT2D eigenvalue weighted by Gasteiger charge is -2.20. The van der Waals surface area contributed by atoms with Gasteiger partial charge in [-0.05, 0) is 74.1 Å². The zero-order valence-electron chi connectivity index (χ0n) is 12.6. The molecule has 0 aliphatic rings. The van der Waals surface area contributed by atoms with Crippen LogP contribution in [0.2, 0.25) is 5.02 Å². The van der Waals surface area contributed by atoms with E-state index < -0.39 is 0 Å². The highest BCUT2D eigenvalue weighted by Gasteiger charge is 2.18. The van der Waals surface area contributed by atoms with Crippen LogP contribution in [0, 0.1) is 34.6 Å². The van der Waals surface area contributed by atoms with Crippen molar-refractivity contribution < 1.29 is 0 Å². The summed E-state index contributed by atoms with van der Waals surface area (Å²) in [5.74, 6) is 0. The van der Waals surface area contributed by atoms with Crippen LogP contribution in [0.1, 0.15) is 44.3 Å². The minimum absolute atomic E-state index is 0.133. The molecular weight excluding hydrogens is 287 g/mol. The van der Waals surface area contributed by atoms with Crippen molar-refractivity contribution in [1.29, 1.82) is 0 Å². The number of hydrogen-bond donors (Lipinski definition) is 0. The molecule has 0 saturated heterocycles. The summed E-state index contributed by atoms with van der Waals surface area (Å²) in [5, 5.41) is 0.666. The lowest BCUT2D eigenvalue weighted by Crippen LogP contribution is -2.03. The molecule has 0 radical (unpaired) electrons. The van der Waals surface area contributed by atoms with Gasteiger partial charge >= 0.3 is 0 Å². The van der Waals surface area contributed by atoms with Crippen molar-refractivity contribution in [3.63, 3.8) is 0 Å². The van der Waals surface area contributed by atoms with Crippen LogP contribution in [-0.2, 0) is 0 Å². The standard InChI is InChI=1S/C18H20Cl2/c1-10-6-13(4)17(14(5)7-10)18(20)15-8-12(3)16(19)9-11(15)2/h6-9,18H,1-5H3. The van der Waals surface area contributed by atoms with Gasteiger partial charge < -0.3 is 0 Å². The molecule has 1 unspecified atom stereocenters. The molecular formula is C18H20Cl2. The van der Waals surface area contributed by atoms with E-state index in [1.165, 1.54) is 22.3 Å². The summed E-state index contributed by atoms with van der Waals surface area (Å²) in [4.78, 5) is 0. The van der Waals surface area contributed by atoms with Crippen LogP contribution in [-0.4, -0.2) is 0 Å². The Bertz CT molecular complexity index is 634. The van der Waals surface area contributed by atoms with Crippen LogP contribution in [0.4, 0.5) is 0 Å². The zero-order valence-corrected chi connectivity index (χ0v) is 14.2. The van der Waals surface area contributed by atoms with Crippen LogP contribution in [0.5, 0.6) is 0 Å². The molecule has 0 nitrogen and oxygen atoms in total. The average Bonchev–Trinajstić information content (AvgIpc) is 2.32. The van der Waals surface area contributed by atoms with Crippen molar-refractivity contribution in [2.45, 2.75) is 40.0 Å². The molecule has 0 saturated carbocycles. The maximum Gasteiger partial charge on any atom is 0.0843 e. The molecule has 0 aromatic heterocycles. The number of hydrogen-bond acceptors (Lipinski definition) is 0. The van der Waals surface area contributed by atoms with E-state index in [0.717, 1.165) is 21.7 Å². The van der Waals surface area contributed by atoms with Crippen LogP contribution < -0.4 is 0 Å². The minimum atomic E-state index is -0.133. The Morgan fingerprint density at radius 2 is 1.30 bits per heavy atom. The summed E-state index contributed by atoms with van der Waals surface area (Å²) in [7, 11) is 0. The fraction of sp³-hybridized carbons (Fsp3) is 0.333. The van der Waals surface area contributed by atoms with Crippen molar-refractivity contribution in [1.82, 2.24) is 0 Å². The van der Waals surface area contributed by atoms with Crippen LogP contribution >= 0.6 is 23.2 Å².